The van der Waals surface area contributed by atoms with E-state index in [-0.39, 0.29) is 19.7 Å². The first-order valence-corrected chi connectivity index (χ1v) is 10.9. The summed E-state index contributed by atoms with van der Waals surface area (Å²) < 4.78 is 46.6. The summed E-state index contributed by atoms with van der Waals surface area (Å²) in [4.78, 5) is 37.3. The number of amides is 4. The van der Waals surface area contributed by atoms with Gasteiger partial charge in [0.1, 0.15) is 30.0 Å². The number of nitrogens with one attached hydrogen (secondary N) is 1. The zero-order valence-corrected chi connectivity index (χ0v) is 18.4. The smallest absolute Gasteiger partial charge is 0.418 e. The van der Waals surface area contributed by atoms with Crippen LogP contribution in [0.3, 0.4) is 0 Å². The molecule has 2 heterocycles. The Bertz CT molecular complexity index is 1040. The van der Waals surface area contributed by atoms with E-state index in [1.165, 1.54) is 12.1 Å². The average molecular weight is 472 g/mol. The van der Waals surface area contributed by atoms with Gasteiger partial charge in [-0.1, -0.05) is 6.07 Å². The van der Waals surface area contributed by atoms with Crippen molar-refractivity contribution < 1.29 is 41.1 Å². The second kappa shape index (κ2) is 8.44. The van der Waals surface area contributed by atoms with Crippen LogP contribution in [0.5, 0.6) is 5.75 Å². The average Bonchev–Trinajstić information content (AvgIpc) is 2.89. The number of hydrogen-bond acceptors (Lipinski definition) is 8. The Morgan fingerprint density at radius 3 is 2.56 bits per heavy atom. The highest BCUT2D eigenvalue weighted by molar-refractivity contribution is 7.80. The number of alkyl carbamates (subject to hydrolysis) is 1. The van der Waals surface area contributed by atoms with Gasteiger partial charge in [-0.05, 0) is 44.0 Å². The number of ether oxygens (including phenoxy) is 2. The zero-order valence-electron chi connectivity index (χ0n) is 17.6. The number of nitrogens with zero attached hydrogens (tertiary/aromatic N) is 2. The Morgan fingerprint density at radius 2 is 1.97 bits per heavy atom. The van der Waals surface area contributed by atoms with E-state index < -0.39 is 46.1 Å². The van der Waals surface area contributed by atoms with Crippen molar-refractivity contribution in [1.82, 2.24) is 15.3 Å². The third kappa shape index (κ3) is 5.20. The number of fused-ring (bicyclic) bond motifs is 4. The molecule has 2 atom stereocenters. The summed E-state index contributed by atoms with van der Waals surface area (Å²) in [5.74, 6) is -0.487. The molecule has 0 aliphatic carbocycles. The first kappa shape index (κ1) is 23.6. The number of benzene rings is 1. The first-order valence-electron chi connectivity index (χ1n) is 9.56. The summed E-state index contributed by atoms with van der Waals surface area (Å²) in [5.41, 5.74) is 5.58. The maximum absolute atomic E-state index is 12.6. The van der Waals surface area contributed by atoms with Crippen LogP contribution in [0.25, 0.3) is 0 Å². The van der Waals surface area contributed by atoms with E-state index in [1.54, 1.807) is 26.8 Å². The summed E-state index contributed by atoms with van der Waals surface area (Å²) in [6, 6.07) is 1.58. The highest BCUT2D eigenvalue weighted by Crippen LogP contribution is 2.45. The summed E-state index contributed by atoms with van der Waals surface area (Å²) in [6.45, 7) is 5.35. The molecule has 13 nitrogen and oxygen atoms in total. The van der Waals surface area contributed by atoms with Gasteiger partial charge < -0.3 is 25.4 Å². The molecular weight excluding hydrogens is 448 g/mol. The molecule has 0 spiro atoms. The number of carbonyl (C=O) groups excluding carboxylic acids is 3. The summed E-state index contributed by atoms with van der Waals surface area (Å²) in [7, 11) is -4.99. The van der Waals surface area contributed by atoms with Crippen LogP contribution in [0.4, 0.5) is 9.59 Å². The lowest BCUT2D eigenvalue weighted by Gasteiger charge is -2.31. The highest BCUT2D eigenvalue weighted by Gasteiger charge is 2.51. The summed E-state index contributed by atoms with van der Waals surface area (Å²) in [5, 5.41) is 3.01. The number of rotatable bonds is 7. The lowest BCUT2D eigenvalue weighted by atomic mass is 9.90. The Labute approximate surface area is 184 Å². The van der Waals surface area contributed by atoms with Gasteiger partial charge in [-0.25, -0.2) is 9.59 Å². The van der Waals surface area contributed by atoms with Gasteiger partial charge in [-0.15, -0.1) is 4.28 Å². The molecule has 1 saturated heterocycles. The van der Waals surface area contributed by atoms with Gasteiger partial charge in [0.15, 0.2) is 0 Å². The number of primary amides is 1. The predicted molar refractivity (Wildman–Crippen MR) is 107 cm³/mol. The largest absolute Gasteiger partial charge is 0.492 e. The second-order valence-corrected chi connectivity index (χ2v) is 9.16. The van der Waals surface area contributed by atoms with Crippen molar-refractivity contribution in [2.75, 3.05) is 19.7 Å². The molecule has 2 aliphatic rings. The second-order valence-electron chi connectivity index (χ2n) is 8.15. The van der Waals surface area contributed by atoms with E-state index in [2.05, 4.69) is 9.60 Å². The van der Waals surface area contributed by atoms with Crippen LogP contribution < -0.4 is 15.8 Å². The van der Waals surface area contributed by atoms with Gasteiger partial charge in [0.25, 0.3) is 0 Å². The van der Waals surface area contributed by atoms with Gasteiger partial charge >= 0.3 is 22.5 Å². The normalized spacial score (nSPS) is 20.1. The molecule has 1 fully saturated rings. The number of hydrogen-bond donors (Lipinski definition) is 3. The molecule has 0 saturated carbocycles. The molecule has 4 amide bonds. The van der Waals surface area contributed by atoms with Gasteiger partial charge in [0, 0.05) is 0 Å². The van der Waals surface area contributed by atoms with Crippen LogP contribution in [-0.4, -0.2) is 66.3 Å². The van der Waals surface area contributed by atoms with Crippen LogP contribution in [0, 0.1) is 0 Å². The lowest BCUT2D eigenvalue weighted by molar-refractivity contribution is -0.122. The summed E-state index contributed by atoms with van der Waals surface area (Å²) >= 11 is 0. The van der Waals surface area contributed by atoms with Gasteiger partial charge in [-0.2, -0.15) is 13.5 Å². The van der Waals surface area contributed by atoms with Crippen molar-refractivity contribution in [3.63, 3.8) is 0 Å². The Morgan fingerprint density at radius 1 is 1.28 bits per heavy atom. The Kier molecular flexibility index (Phi) is 6.22. The molecule has 1 aromatic rings. The molecule has 1 aromatic carbocycles. The first-order chi connectivity index (χ1) is 14.8. The van der Waals surface area contributed by atoms with E-state index in [0.29, 0.717) is 21.9 Å². The van der Waals surface area contributed by atoms with Crippen molar-refractivity contribution in [3.8, 4) is 5.75 Å². The molecule has 0 aromatic heterocycles. The number of carbonyl (C=O) groups is 3. The minimum atomic E-state index is -4.99. The standard InChI is InChI=1S/C18H24N4O9S/c1-18(2,3)30-16(24)20-6-7-29-10-4-5-11-12(8-10)13-9-21(14(11)15(19)23)17(25)22(13)31-32(26,27)28/h4-5,8,13-14H,6-7,9H2,1-3H3,(H2,19,23)(H,20,24)(H,26,27,28)/t13-,14+/m0/s1. The van der Waals surface area contributed by atoms with E-state index in [0.717, 1.165) is 4.90 Å². The van der Waals surface area contributed by atoms with E-state index >= 15 is 0 Å². The van der Waals surface area contributed by atoms with E-state index in [9.17, 15) is 22.8 Å². The quantitative estimate of drug-likeness (QED) is 0.379. The minimum absolute atomic E-state index is 0.0816. The van der Waals surface area contributed by atoms with Crippen LogP contribution in [0.15, 0.2) is 18.2 Å². The van der Waals surface area contributed by atoms with Crippen molar-refractivity contribution in [1.29, 1.82) is 0 Å². The predicted octanol–water partition coefficient (Wildman–Crippen LogP) is 0.643. The molecule has 3 rings (SSSR count). The Hall–Kier alpha value is -3.10. The van der Waals surface area contributed by atoms with Crippen molar-refractivity contribution in [2.45, 2.75) is 38.5 Å². The molecule has 2 bridgehead atoms. The fourth-order valence-electron chi connectivity index (χ4n) is 3.52. The van der Waals surface area contributed by atoms with Gasteiger partial charge in [-0.3, -0.25) is 9.35 Å². The fraction of sp³-hybridized carbons (Fsp3) is 0.500. The minimum Gasteiger partial charge on any atom is -0.492 e. The van der Waals surface area contributed by atoms with E-state index in [4.69, 9.17) is 19.8 Å². The van der Waals surface area contributed by atoms with Crippen molar-refractivity contribution >= 4 is 28.4 Å². The molecule has 14 heteroatoms. The molecule has 4 N–H and O–H groups in total. The number of hydroxylamine groups is 2. The summed E-state index contributed by atoms with van der Waals surface area (Å²) in [6.07, 6.45) is -0.599. The van der Waals surface area contributed by atoms with Crippen molar-refractivity contribution in [3.05, 3.63) is 29.3 Å². The lowest BCUT2D eigenvalue weighted by Crippen LogP contribution is -2.41. The number of nitrogens with two attached hydrogens (primary N) is 1. The molecule has 176 valence electrons. The van der Waals surface area contributed by atoms with Crippen LogP contribution >= 0.6 is 0 Å². The maximum atomic E-state index is 12.6. The van der Waals surface area contributed by atoms with Gasteiger partial charge in [0.2, 0.25) is 5.91 Å². The molecule has 32 heavy (non-hydrogen) atoms. The zero-order chi connectivity index (χ0) is 23.8. The highest BCUT2D eigenvalue weighted by atomic mass is 32.3. The molecule has 2 aliphatic heterocycles. The monoisotopic (exact) mass is 472 g/mol. The van der Waals surface area contributed by atoms with Crippen LogP contribution in [-0.2, 0) is 24.2 Å². The van der Waals surface area contributed by atoms with Crippen LogP contribution in [0.2, 0.25) is 0 Å². The maximum Gasteiger partial charge on any atom is 0.418 e. The van der Waals surface area contributed by atoms with Crippen molar-refractivity contribution in [2.24, 2.45) is 5.73 Å². The van der Waals surface area contributed by atoms with Crippen LogP contribution in [0.1, 0.15) is 44.0 Å². The third-order valence-corrected chi connectivity index (χ3v) is 4.94. The molecular formula is C18H24N4O9S. The topological polar surface area (TPSA) is 178 Å². The van der Waals surface area contributed by atoms with E-state index in [1.807, 2.05) is 0 Å². The molecule has 0 unspecified atom stereocenters. The SMILES string of the molecule is CC(C)(C)OC(=O)NCCOc1ccc2c(c1)[C@@H]1CN(C(=O)N1OS(=O)(=O)O)[C@H]2C(N)=O. The van der Waals surface area contributed by atoms with Gasteiger partial charge in [0.05, 0.1) is 13.1 Å². The molecule has 0 radical (unpaired) electrons. The third-order valence-electron chi connectivity index (χ3n) is 4.59. The Balaban J connectivity index is 1.76. The number of urea groups is 1. The fourth-order valence-corrected chi connectivity index (χ4v) is 3.89.